The molecule has 4 rings (SSSR count). The molecule has 4 aromatic rings. The van der Waals surface area contributed by atoms with Crippen LogP contribution in [0.2, 0.25) is 0 Å². The van der Waals surface area contributed by atoms with Gasteiger partial charge >= 0.3 is 17.9 Å². The van der Waals surface area contributed by atoms with Crippen LogP contribution in [0.5, 0.6) is 0 Å². The average Bonchev–Trinajstić information content (AvgIpc) is 2.97. The highest BCUT2D eigenvalue weighted by atomic mass is 16.4. The van der Waals surface area contributed by atoms with Gasteiger partial charge in [0.05, 0.1) is 16.7 Å². The molecule has 6 nitrogen and oxygen atoms in total. The van der Waals surface area contributed by atoms with Crippen molar-refractivity contribution < 1.29 is 29.7 Å². The third-order valence-corrected chi connectivity index (χ3v) is 7.15. The van der Waals surface area contributed by atoms with E-state index in [4.69, 9.17) is 0 Å². The summed E-state index contributed by atoms with van der Waals surface area (Å²) < 4.78 is 0. The molecule has 0 spiro atoms. The molecule has 4 aromatic carbocycles. The highest BCUT2D eigenvalue weighted by molar-refractivity contribution is 5.92. The molecule has 40 heavy (non-hydrogen) atoms. The first kappa shape index (κ1) is 29.8. The Morgan fingerprint density at radius 1 is 0.550 bits per heavy atom. The van der Waals surface area contributed by atoms with Crippen LogP contribution < -0.4 is 0 Å². The van der Waals surface area contributed by atoms with E-state index >= 15 is 0 Å². The van der Waals surface area contributed by atoms with Gasteiger partial charge in [-0.1, -0.05) is 70.0 Å². The first-order valence-corrected chi connectivity index (χ1v) is 13.2. The van der Waals surface area contributed by atoms with Crippen molar-refractivity contribution in [3.05, 3.63) is 107 Å². The second-order valence-electron chi connectivity index (χ2n) is 9.77. The van der Waals surface area contributed by atoms with E-state index < -0.39 is 17.9 Å². The van der Waals surface area contributed by atoms with Gasteiger partial charge in [-0.15, -0.1) is 0 Å². The monoisotopic (exact) mass is 538 g/mol. The summed E-state index contributed by atoms with van der Waals surface area (Å²) in [6.45, 7) is 8.69. The Labute approximate surface area is 234 Å². The van der Waals surface area contributed by atoms with Crippen molar-refractivity contribution in [3.63, 3.8) is 0 Å². The largest absolute Gasteiger partial charge is 0.478 e. The number of benzene rings is 4. The number of rotatable bonds is 8. The van der Waals surface area contributed by atoms with Crippen molar-refractivity contribution in [1.29, 1.82) is 0 Å². The molecule has 6 heteroatoms. The topological polar surface area (TPSA) is 112 Å². The molecule has 0 unspecified atom stereocenters. The fourth-order valence-electron chi connectivity index (χ4n) is 4.16. The molecule has 206 valence electrons. The summed E-state index contributed by atoms with van der Waals surface area (Å²) in [5, 5.41) is 27.7. The first-order chi connectivity index (χ1) is 19.0. The molecule has 0 aliphatic rings. The summed E-state index contributed by atoms with van der Waals surface area (Å²) in [6.07, 6.45) is 2.66. The Morgan fingerprint density at radius 3 is 1.10 bits per heavy atom. The van der Waals surface area contributed by atoms with Crippen LogP contribution in [0.25, 0.3) is 33.4 Å². The molecular formula is C34H34O6. The van der Waals surface area contributed by atoms with E-state index in [1.165, 1.54) is 12.8 Å². The summed E-state index contributed by atoms with van der Waals surface area (Å²) in [5.41, 5.74) is 6.58. The zero-order valence-corrected chi connectivity index (χ0v) is 23.1. The normalized spacial score (nSPS) is 10.5. The lowest BCUT2D eigenvalue weighted by atomic mass is 9.88. The number of carboxylic acids is 3. The molecule has 0 aromatic heterocycles. The molecule has 0 atom stereocenters. The van der Waals surface area contributed by atoms with Gasteiger partial charge in [-0.25, -0.2) is 14.4 Å². The van der Waals surface area contributed by atoms with Crippen LogP contribution in [0.1, 0.15) is 70.3 Å². The minimum Gasteiger partial charge on any atom is -0.478 e. The van der Waals surface area contributed by atoms with Gasteiger partial charge in [0.2, 0.25) is 0 Å². The van der Waals surface area contributed by atoms with E-state index in [-0.39, 0.29) is 16.7 Å². The van der Waals surface area contributed by atoms with Crippen LogP contribution in [0.15, 0.2) is 84.9 Å². The van der Waals surface area contributed by atoms with E-state index in [2.05, 4.69) is 20.8 Å². The van der Waals surface area contributed by atoms with Gasteiger partial charge in [0.1, 0.15) is 0 Å². The minimum atomic E-state index is -1.01. The van der Waals surface area contributed by atoms with Crippen molar-refractivity contribution in [2.45, 2.75) is 40.5 Å². The first-order valence-electron chi connectivity index (χ1n) is 13.2. The summed E-state index contributed by atoms with van der Waals surface area (Å²) in [5.74, 6) is -2.08. The van der Waals surface area contributed by atoms with Gasteiger partial charge in [0, 0.05) is 0 Å². The van der Waals surface area contributed by atoms with E-state index in [0.717, 1.165) is 44.9 Å². The number of aromatic carboxylic acids is 3. The van der Waals surface area contributed by atoms with Gasteiger partial charge in [-0.2, -0.15) is 0 Å². The Balaban J connectivity index is 0.000000663. The maximum Gasteiger partial charge on any atom is 0.335 e. The smallest absolute Gasteiger partial charge is 0.335 e. The lowest BCUT2D eigenvalue weighted by Crippen LogP contribution is -1.97. The van der Waals surface area contributed by atoms with Crippen molar-refractivity contribution >= 4 is 17.9 Å². The van der Waals surface area contributed by atoms with Gasteiger partial charge in [-0.3, -0.25) is 0 Å². The summed E-state index contributed by atoms with van der Waals surface area (Å²) in [4.78, 5) is 33.8. The molecule has 0 saturated heterocycles. The van der Waals surface area contributed by atoms with Crippen LogP contribution in [-0.4, -0.2) is 33.2 Å². The minimum absolute atomic E-state index is 0.185. The number of carboxylic acid groups (broad SMARTS) is 3. The Hall–Kier alpha value is -4.71. The maximum absolute atomic E-state index is 11.3. The Bertz CT molecular complexity index is 1400. The zero-order valence-electron chi connectivity index (χ0n) is 23.1. The second kappa shape index (κ2) is 13.4. The van der Waals surface area contributed by atoms with Gasteiger partial charge < -0.3 is 15.3 Å². The fraction of sp³-hybridized carbons (Fsp3) is 0.206. The molecule has 0 aliphatic carbocycles. The van der Waals surface area contributed by atoms with Crippen molar-refractivity contribution in [2.24, 2.45) is 5.92 Å². The molecule has 0 bridgehead atoms. The molecule has 0 radical (unpaired) electrons. The molecule has 0 aliphatic heterocycles. The maximum atomic E-state index is 11.3. The summed E-state index contributed by atoms with van der Waals surface area (Å²) in [7, 11) is 0. The lowest BCUT2D eigenvalue weighted by molar-refractivity contribution is 0.0686. The summed E-state index contributed by atoms with van der Waals surface area (Å²) in [6, 6.07) is 23.7. The van der Waals surface area contributed by atoms with Crippen molar-refractivity contribution in [3.8, 4) is 33.4 Å². The van der Waals surface area contributed by atoms with Gasteiger partial charge in [-0.05, 0) is 100 Å². The van der Waals surface area contributed by atoms with Crippen LogP contribution in [0.4, 0.5) is 0 Å². The van der Waals surface area contributed by atoms with E-state index in [9.17, 15) is 29.7 Å². The van der Waals surface area contributed by atoms with E-state index in [0.29, 0.717) is 0 Å². The fourth-order valence-corrected chi connectivity index (χ4v) is 4.16. The van der Waals surface area contributed by atoms with Crippen molar-refractivity contribution in [1.82, 2.24) is 0 Å². The SMILES string of the molecule is CCC(C)CC.Cc1c(-c2ccc(C(=O)O)cc2)cc(-c2ccc(C(=O)O)cc2)cc1-c1ccc(C(=O)O)cc1. The standard InChI is InChI=1S/C28H20O6.C6H14/c1-16-24(18-4-10-21(11-5-18)27(31)32)14-23(17-2-8-20(9-3-17)26(29)30)15-25(16)19-6-12-22(13-7-19)28(33)34;1-4-6(3)5-2/h2-15H,1H3,(H,29,30)(H,31,32)(H,33,34);6H,4-5H2,1-3H3. The Kier molecular flexibility index (Phi) is 9.98. The highest BCUT2D eigenvalue weighted by Gasteiger charge is 2.14. The molecule has 0 saturated carbocycles. The second-order valence-corrected chi connectivity index (χ2v) is 9.77. The van der Waals surface area contributed by atoms with Crippen molar-refractivity contribution in [2.75, 3.05) is 0 Å². The number of hydrogen-bond donors (Lipinski definition) is 3. The van der Waals surface area contributed by atoms with E-state index in [1.807, 2.05) is 19.1 Å². The third-order valence-electron chi connectivity index (χ3n) is 7.15. The van der Waals surface area contributed by atoms with Crippen LogP contribution >= 0.6 is 0 Å². The van der Waals surface area contributed by atoms with Gasteiger partial charge in [0.15, 0.2) is 0 Å². The molecule has 0 heterocycles. The Morgan fingerprint density at radius 2 is 0.850 bits per heavy atom. The number of carbonyl (C=O) groups is 3. The van der Waals surface area contributed by atoms with Gasteiger partial charge in [0.25, 0.3) is 0 Å². The van der Waals surface area contributed by atoms with Crippen LogP contribution in [0, 0.1) is 12.8 Å². The summed E-state index contributed by atoms with van der Waals surface area (Å²) >= 11 is 0. The molecular weight excluding hydrogens is 504 g/mol. The van der Waals surface area contributed by atoms with Crippen LogP contribution in [-0.2, 0) is 0 Å². The van der Waals surface area contributed by atoms with Crippen LogP contribution in [0.3, 0.4) is 0 Å². The quantitative estimate of drug-likeness (QED) is 0.207. The molecule has 3 N–H and O–H groups in total. The molecule has 0 fully saturated rings. The average molecular weight is 539 g/mol. The zero-order chi connectivity index (χ0) is 29.4. The molecule has 0 amide bonds. The predicted octanol–water partition coefficient (Wildman–Crippen LogP) is 8.53. The third kappa shape index (κ3) is 7.23. The highest BCUT2D eigenvalue weighted by Crippen LogP contribution is 2.37. The number of hydrogen-bond acceptors (Lipinski definition) is 3. The lowest BCUT2D eigenvalue weighted by Gasteiger charge is -2.16. The van der Waals surface area contributed by atoms with E-state index in [1.54, 1.807) is 72.8 Å². The predicted molar refractivity (Wildman–Crippen MR) is 158 cm³/mol.